The Morgan fingerprint density at radius 1 is 1.42 bits per heavy atom. The minimum Gasteiger partial charge on any atom is -0.451 e. The van der Waals surface area contributed by atoms with E-state index in [4.69, 9.17) is 4.74 Å². The van der Waals surface area contributed by atoms with Crippen molar-refractivity contribution < 1.29 is 19.1 Å². The number of urea groups is 1. The molecule has 3 amide bonds. The number of amides is 3. The molecule has 0 unspecified atom stereocenters. The van der Waals surface area contributed by atoms with Gasteiger partial charge in [-0.15, -0.1) is 11.3 Å². The van der Waals surface area contributed by atoms with Crippen molar-refractivity contribution in [2.75, 3.05) is 19.7 Å². The number of nitrogens with one attached hydrogen (secondary N) is 1. The van der Waals surface area contributed by atoms with Crippen LogP contribution in [0.2, 0.25) is 0 Å². The quantitative estimate of drug-likeness (QED) is 0.835. The normalized spacial score (nSPS) is 13.7. The second-order valence-corrected chi connectivity index (χ2v) is 6.00. The highest BCUT2D eigenvalue weighted by molar-refractivity contribution is 7.17. The average molecular weight is 346 g/mol. The highest BCUT2D eigenvalue weighted by atomic mass is 32.1. The lowest BCUT2D eigenvalue weighted by Crippen LogP contribution is -2.37. The second kappa shape index (κ2) is 6.75. The molecule has 1 aliphatic heterocycles. The summed E-state index contributed by atoms with van der Waals surface area (Å²) in [4.78, 5) is 45.3. The van der Waals surface area contributed by atoms with Gasteiger partial charge in [-0.2, -0.15) is 0 Å². The first-order chi connectivity index (χ1) is 11.6. The van der Waals surface area contributed by atoms with Crippen LogP contribution >= 0.6 is 11.3 Å². The van der Waals surface area contributed by atoms with E-state index in [1.54, 1.807) is 25.3 Å². The van der Waals surface area contributed by atoms with E-state index < -0.39 is 24.5 Å². The van der Waals surface area contributed by atoms with Crippen molar-refractivity contribution in [2.24, 2.45) is 0 Å². The van der Waals surface area contributed by atoms with E-state index in [0.717, 1.165) is 16.2 Å². The van der Waals surface area contributed by atoms with Crippen molar-refractivity contribution in [1.29, 1.82) is 0 Å². The Hall–Kier alpha value is -2.81. The zero-order valence-electron chi connectivity index (χ0n) is 12.8. The lowest BCUT2D eigenvalue weighted by atomic mass is 10.3. The van der Waals surface area contributed by atoms with Crippen LogP contribution in [0.15, 0.2) is 24.4 Å². The summed E-state index contributed by atoms with van der Waals surface area (Å²) in [5.41, 5.74) is 1.17. The Balaban J connectivity index is 1.66. The molecule has 0 saturated carbocycles. The van der Waals surface area contributed by atoms with Gasteiger partial charge in [0.1, 0.15) is 9.88 Å². The van der Waals surface area contributed by atoms with E-state index in [9.17, 15) is 14.4 Å². The first-order valence-electron chi connectivity index (χ1n) is 7.20. The van der Waals surface area contributed by atoms with Crippen LogP contribution in [0.3, 0.4) is 0 Å². The van der Waals surface area contributed by atoms with E-state index in [1.165, 1.54) is 0 Å². The summed E-state index contributed by atoms with van der Waals surface area (Å²) in [6.45, 7) is 1.89. The Labute approximate surface area is 141 Å². The van der Waals surface area contributed by atoms with Crippen molar-refractivity contribution in [3.63, 3.8) is 0 Å². The first-order valence-corrected chi connectivity index (χ1v) is 8.02. The van der Waals surface area contributed by atoms with Crippen LogP contribution in [0.5, 0.6) is 0 Å². The first kappa shape index (κ1) is 16.1. The lowest BCUT2D eigenvalue weighted by Gasteiger charge is -2.11. The van der Waals surface area contributed by atoms with Crippen LogP contribution in [0.25, 0.3) is 10.7 Å². The molecule has 2 aromatic rings. The number of rotatable bonds is 4. The molecule has 0 atom stereocenters. The van der Waals surface area contributed by atoms with Gasteiger partial charge in [0.2, 0.25) is 0 Å². The number of thiazole rings is 1. The number of hydrogen-bond donors (Lipinski definition) is 1. The van der Waals surface area contributed by atoms with Gasteiger partial charge >= 0.3 is 12.0 Å². The third kappa shape index (κ3) is 3.25. The summed E-state index contributed by atoms with van der Waals surface area (Å²) < 4.78 is 5.02. The average Bonchev–Trinajstić information content (AvgIpc) is 3.19. The third-order valence-electron chi connectivity index (χ3n) is 3.35. The zero-order valence-corrected chi connectivity index (χ0v) is 13.6. The summed E-state index contributed by atoms with van der Waals surface area (Å²) in [6.07, 6.45) is 1.64. The fourth-order valence-electron chi connectivity index (χ4n) is 2.16. The maximum absolute atomic E-state index is 12.2. The van der Waals surface area contributed by atoms with Gasteiger partial charge in [0.05, 0.1) is 11.4 Å². The van der Waals surface area contributed by atoms with Crippen LogP contribution in [0.1, 0.15) is 15.4 Å². The molecule has 0 aliphatic carbocycles. The molecular weight excluding hydrogens is 332 g/mol. The molecule has 1 N–H and O–H groups in total. The predicted molar refractivity (Wildman–Crippen MR) is 85.5 cm³/mol. The number of ether oxygens (including phenoxy) is 1. The largest absolute Gasteiger partial charge is 0.451 e. The molecule has 1 saturated heterocycles. The molecule has 124 valence electrons. The second-order valence-electron chi connectivity index (χ2n) is 5.00. The van der Waals surface area contributed by atoms with E-state index in [0.29, 0.717) is 27.8 Å². The Morgan fingerprint density at radius 3 is 2.92 bits per heavy atom. The van der Waals surface area contributed by atoms with E-state index >= 15 is 0 Å². The molecule has 0 spiro atoms. The number of pyridine rings is 1. The summed E-state index contributed by atoms with van der Waals surface area (Å²) >= 11 is 1.15. The molecule has 1 fully saturated rings. The Bertz CT molecular complexity index is 790. The Morgan fingerprint density at radius 2 is 2.25 bits per heavy atom. The predicted octanol–water partition coefficient (Wildman–Crippen LogP) is 1.22. The van der Waals surface area contributed by atoms with Gasteiger partial charge in [0.25, 0.3) is 5.91 Å². The molecule has 1 aliphatic rings. The maximum Gasteiger partial charge on any atom is 0.350 e. The molecule has 0 radical (unpaired) electrons. The lowest BCUT2D eigenvalue weighted by molar-refractivity contribution is -0.130. The fourth-order valence-corrected chi connectivity index (χ4v) is 3.10. The summed E-state index contributed by atoms with van der Waals surface area (Å²) in [7, 11) is 0. The van der Waals surface area contributed by atoms with Crippen LogP contribution in [0.4, 0.5) is 4.79 Å². The van der Waals surface area contributed by atoms with Crippen LogP contribution in [-0.2, 0) is 9.53 Å². The summed E-state index contributed by atoms with van der Waals surface area (Å²) in [6, 6.07) is 4.95. The number of nitrogens with zero attached hydrogens (tertiary/aromatic N) is 3. The smallest absolute Gasteiger partial charge is 0.350 e. The molecule has 3 heterocycles. The number of imide groups is 1. The van der Waals surface area contributed by atoms with E-state index in [2.05, 4.69) is 15.3 Å². The van der Waals surface area contributed by atoms with Crippen LogP contribution in [-0.4, -0.2) is 52.5 Å². The number of carbonyl (C=O) groups is 3. The molecule has 3 rings (SSSR count). The third-order valence-corrected chi connectivity index (χ3v) is 4.51. The van der Waals surface area contributed by atoms with E-state index in [-0.39, 0.29) is 6.54 Å². The van der Waals surface area contributed by atoms with Gasteiger partial charge in [0.15, 0.2) is 6.61 Å². The maximum atomic E-state index is 12.2. The topological polar surface area (TPSA) is 101 Å². The number of aromatic nitrogens is 2. The molecule has 0 aromatic carbocycles. The molecule has 2 aromatic heterocycles. The summed E-state index contributed by atoms with van der Waals surface area (Å²) in [5.74, 6) is -1.19. The molecule has 9 heteroatoms. The standard InChI is InChI=1S/C15H14N4O4S/c1-9-12(24-13(18-9)10-4-2-3-5-16-10)14(21)23-8-11(20)19-7-6-17-15(19)22/h2-5H,6-8H2,1H3,(H,17,22). The van der Waals surface area contributed by atoms with Crippen molar-refractivity contribution in [2.45, 2.75) is 6.92 Å². The fraction of sp³-hybridized carbons (Fsp3) is 0.267. The number of esters is 1. The van der Waals surface area contributed by atoms with Gasteiger partial charge in [-0.3, -0.25) is 14.7 Å². The number of hydrogen-bond acceptors (Lipinski definition) is 7. The monoisotopic (exact) mass is 346 g/mol. The number of aryl methyl sites for hydroxylation is 1. The van der Waals surface area contributed by atoms with Gasteiger partial charge in [-0.1, -0.05) is 6.07 Å². The molecule has 24 heavy (non-hydrogen) atoms. The SMILES string of the molecule is Cc1nc(-c2ccccn2)sc1C(=O)OCC(=O)N1CCNC1=O. The van der Waals surface area contributed by atoms with Gasteiger partial charge < -0.3 is 10.1 Å². The van der Waals surface area contributed by atoms with E-state index in [1.807, 2.05) is 6.07 Å². The van der Waals surface area contributed by atoms with Crippen LogP contribution in [0, 0.1) is 6.92 Å². The zero-order chi connectivity index (χ0) is 17.1. The summed E-state index contributed by atoms with van der Waals surface area (Å²) in [5, 5.41) is 3.11. The minimum absolute atomic E-state index is 0.276. The molecular formula is C15H14N4O4S. The van der Waals surface area contributed by atoms with Crippen LogP contribution < -0.4 is 5.32 Å². The molecule has 0 bridgehead atoms. The molecule has 8 nitrogen and oxygen atoms in total. The Kier molecular flexibility index (Phi) is 4.52. The van der Waals surface area contributed by atoms with Gasteiger partial charge in [0, 0.05) is 19.3 Å². The van der Waals surface area contributed by atoms with Crippen molar-refractivity contribution >= 4 is 29.2 Å². The van der Waals surface area contributed by atoms with Crippen molar-refractivity contribution in [3.8, 4) is 10.7 Å². The highest BCUT2D eigenvalue weighted by Gasteiger charge is 2.27. The van der Waals surface area contributed by atoms with Crippen molar-refractivity contribution in [1.82, 2.24) is 20.2 Å². The van der Waals surface area contributed by atoms with Gasteiger partial charge in [-0.25, -0.2) is 14.6 Å². The number of carbonyl (C=O) groups excluding carboxylic acids is 3. The highest BCUT2D eigenvalue weighted by Crippen LogP contribution is 2.26. The van der Waals surface area contributed by atoms with Gasteiger partial charge in [-0.05, 0) is 19.1 Å². The van der Waals surface area contributed by atoms with Crippen molar-refractivity contribution in [3.05, 3.63) is 35.0 Å². The minimum atomic E-state index is -0.639.